The van der Waals surface area contributed by atoms with E-state index in [-0.39, 0.29) is 18.1 Å². The maximum Gasteiger partial charge on any atom is 0.259 e. The van der Waals surface area contributed by atoms with Crippen molar-refractivity contribution in [2.45, 2.75) is 51.1 Å². The minimum absolute atomic E-state index is 0.108. The van der Waals surface area contributed by atoms with Gasteiger partial charge < -0.3 is 19.9 Å². The molecule has 6 rings (SSSR count). The first-order chi connectivity index (χ1) is 19.2. The minimum atomic E-state index is -3.40. The van der Waals surface area contributed by atoms with Crippen molar-refractivity contribution in [1.29, 1.82) is 0 Å². The Morgan fingerprint density at radius 2 is 1.80 bits per heavy atom. The average molecular weight is 566 g/mol. The predicted octanol–water partition coefficient (Wildman–Crippen LogP) is 1.99. The lowest BCUT2D eigenvalue weighted by atomic mass is 10.0. The van der Waals surface area contributed by atoms with Gasteiger partial charge in [-0.1, -0.05) is 0 Å². The molecule has 3 aromatic heterocycles. The van der Waals surface area contributed by atoms with E-state index >= 15 is 0 Å². The van der Waals surface area contributed by atoms with Crippen molar-refractivity contribution in [2.24, 2.45) is 7.05 Å². The van der Waals surface area contributed by atoms with Gasteiger partial charge in [0.1, 0.15) is 5.52 Å². The van der Waals surface area contributed by atoms with Crippen LogP contribution in [-0.4, -0.2) is 76.4 Å². The third-order valence-electron chi connectivity index (χ3n) is 7.68. The Hall–Kier alpha value is -3.55. The van der Waals surface area contributed by atoms with Crippen LogP contribution < -0.4 is 20.3 Å². The van der Waals surface area contributed by atoms with Crippen LogP contribution in [0, 0.1) is 6.92 Å². The van der Waals surface area contributed by atoms with Crippen LogP contribution in [0.4, 0.5) is 11.5 Å². The van der Waals surface area contributed by atoms with E-state index in [1.807, 2.05) is 32.3 Å². The van der Waals surface area contributed by atoms with Gasteiger partial charge in [0, 0.05) is 62.1 Å². The minimum Gasteiger partial charge on any atom is -0.371 e. The molecule has 2 fully saturated rings. The number of benzene rings is 1. The number of rotatable bonds is 9. The Kier molecular flexibility index (Phi) is 6.97. The van der Waals surface area contributed by atoms with Crippen molar-refractivity contribution < 1.29 is 13.2 Å². The quantitative estimate of drug-likeness (QED) is 0.280. The normalized spacial score (nSPS) is 16.7. The highest BCUT2D eigenvalue weighted by Crippen LogP contribution is 2.32. The number of hydrogen-bond acceptors (Lipinski definition) is 8. The summed E-state index contributed by atoms with van der Waals surface area (Å²) in [5.41, 5.74) is 3.99. The molecular weight excluding hydrogens is 530 g/mol. The van der Waals surface area contributed by atoms with Crippen LogP contribution in [0.5, 0.6) is 0 Å². The molecule has 3 N–H and O–H groups in total. The number of imidazole rings is 1. The fourth-order valence-corrected chi connectivity index (χ4v) is 6.14. The van der Waals surface area contributed by atoms with Crippen molar-refractivity contribution in [3.05, 3.63) is 47.7 Å². The zero-order valence-electron chi connectivity index (χ0n) is 23.0. The summed E-state index contributed by atoms with van der Waals surface area (Å²) in [5.74, 6) is -0.0633. The zero-order chi connectivity index (χ0) is 28.0. The second-order valence-corrected chi connectivity index (χ2v) is 12.9. The largest absolute Gasteiger partial charge is 0.371 e. The Balaban J connectivity index is 1.23. The maximum absolute atomic E-state index is 13.5. The van der Waals surface area contributed by atoms with Crippen LogP contribution in [0.15, 0.2) is 30.7 Å². The van der Waals surface area contributed by atoms with Crippen LogP contribution in [0.2, 0.25) is 0 Å². The number of sulfonamides is 1. The number of carbonyl (C=O) groups is 1. The third-order valence-corrected chi connectivity index (χ3v) is 9.05. The number of aryl methyl sites for hydroxylation is 3. The standard InChI is InChI=1S/C27H35N9O3S/c1-17-14-36-16-24(31-26(36)22(29-17)10-13-40(38,39)28-2)32-27(37)20-6-7-23(21-15-34(3)33-25(20)21)35-11-8-19(9-12-35)30-18-4-5-18/h6-7,14-16,18-19,28,30H,4-5,8-13H2,1-3H3,(H,32,37). The van der Waals surface area contributed by atoms with E-state index in [0.717, 1.165) is 42.7 Å². The van der Waals surface area contributed by atoms with E-state index in [2.05, 4.69) is 35.3 Å². The average Bonchev–Trinajstić information content (AvgIpc) is 3.51. The van der Waals surface area contributed by atoms with Gasteiger partial charge in [-0.2, -0.15) is 5.10 Å². The van der Waals surface area contributed by atoms with Crippen LogP contribution in [0.3, 0.4) is 0 Å². The van der Waals surface area contributed by atoms with Gasteiger partial charge in [0.25, 0.3) is 5.91 Å². The summed E-state index contributed by atoms with van der Waals surface area (Å²) in [6.45, 7) is 3.76. The molecule has 40 heavy (non-hydrogen) atoms. The highest BCUT2D eigenvalue weighted by molar-refractivity contribution is 7.89. The van der Waals surface area contributed by atoms with E-state index in [1.54, 1.807) is 21.5 Å². The molecule has 4 heterocycles. The fraction of sp³-hybridized carbons (Fsp3) is 0.481. The molecule has 1 saturated heterocycles. The molecule has 0 unspecified atom stereocenters. The summed E-state index contributed by atoms with van der Waals surface area (Å²) >= 11 is 0. The number of hydrogen-bond donors (Lipinski definition) is 3. The van der Waals surface area contributed by atoms with E-state index in [1.165, 1.54) is 19.9 Å². The smallest absolute Gasteiger partial charge is 0.259 e. The van der Waals surface area contributed by atoms with Gasteiger partial charge in [-0.05, 0) is 51.8 Å². The molecule has 0 spiro atoms. The summed E-state index contributed by atoms with van der Waals surface area (Å²) in [4.78, 5) is 24.9. The number of amides is 1. The second-order valence-electron chi connectivity index (χ2n) is 10.8. The van der Waals surface area contributed by atoms with Crippen molar-refractivity contribution in [3.63, 3.8) is 0 Å². The first-order valence-electron chi connectivity index (χ1n) is 13.7. The molecular formula is C27H35N9O3S. The van der Waals surface area contributed by atoms with Crippen molar-refractivity contribution in [2.75, 3.05) is 36.1 Å². The topological polar surface area (TPSA) is 139 Å². The Morgan fingerprint density at radius 3 is 2.52 bits per heavy atom. The summed E-state index contributed by atoms with van der Waals surface area (Å²) in [6, 6.07) is 5.15. The lowest BCUT2D eigenvalue weighted by Gasteiger charge is -2.34. The molecule has 13 heteroatoms. The van der Waals surface area contributed by atoms with Crippen LogP contribution in [0.1, 0.15) is 47.4 Å². The Bertz CT molecular complexity index is 1680. The summed E-state index contributed by atoms with van der Waals surface area (Å²) < 4.78 is 29.7. The molecule has 1 aliphatic heterocycles. The van der Waals surface area contributed by atoms with E-state index in [0.29, 0.717) is 40.3 Å². The van der Waals surface area contributed by atoms with Crippen LogP contribution in [0.25, 0.3) is 16.6 Å². The zero-order valence-corrected chi connectivity index (χ0v) is 23.8. The molecule has 1 saturated carbocycles. The van der Waals surface area contributed by atoms with Gasteiger partial charge in [0.05, 0.1) is 28.9 Å². The molecule has 212 valence electrons. The van der Waals surface area contributed by atoms with Gasteiger partial charge in [-0.3, -0.25) is 14.5 Å². The van der Waals surface area contributed by atoms with Crippen LogP contribution in [-0.2, 0) is 23.5 Å². The third kappa shape index (κ3) is 5.54. The SMILES string of the molecule is CNS(=O)(=O)CCc1nc(C)cn2cc(NC(=O)c3ccc(N4CCC(NC5CC5)CC4)c4cn(C)nc34)nc12. The van der Waals surface area contributed by atoms with Gasteiger partial charge in [-0.25, -0.2) is 18.1 Å². The first kappa shape index (κ1) is 26.7. The number of nitrogens with one attached hydrogen (secondary N) is 3. The molecule has 1 amide bonds. The molecule has 1 aliphatic carbocycles. The molecule has 0 atom stereocenters. The monoisotopic (exact) mass is 565 g/mol. The molecule has 1 aromatic carbocycles. The molecule has 4 aromatic rings. The van der Waals surface area contributed by atoms with Crippen molar-refractivity contribution in [3.8, 4) is 0 Å². The lowest BCUT2D eigenvalue weighted by molar-refractivity contribution is 0.102. The maximum atomic E-state index is 13.5. The number of fused-ring (bicyclic) bond motifs is 2. The fourth-order valence-electron chi connectivity index (χ4n) is 5.48. The second kappa shape index (κ2) is 10.5. The molecule has 12 nitrogen and oxygen atoms in total. The first-order valence-corrected chi connectivity index (χ1v) is 15.4. The van der Waals surface area contributed by atoms with Crippen LogP contribution >= 0.6 is 0 Å². The van der Waals surface area contributed by atoms with Gasteiger partial charge >= 0.3 is 0 Å². The number of aromatic nitrogens is 5. The van der Waals surface area contributed by atoms with E-state index < -0.39 is 10.0 Å². The highest BCUT2D eigenvalue weighted by atomic mass is 32.2. The number of anilines is 2. The summed E-state index contributed by atoms with van der Waals surface area (Å²) in [6.07, 6.45) is 10.5. The van der Waals surface area contributed by atoms with E-state index in [4.69, 9.17) is 0 Å². The predicted molar refractivity (Wildman–Crippen MR) is 154 cm³/mol. The number of nitrogens with zero attached hydrogens (tertiary/aromatic N) is 6. The Labute approximate surface area is 233 Å². The van der Waals surface area contributed by atoms with Gasteiger partial charge in [0.15, 0.2) is 11.5 Å². The lowest BCUT2D eigenvalue weighted by Crippen LogP contribution is -2.43. The molecule has 2 aliphatic rings. The molecule has 0 radical (unpaired) electrons. The Morgan fingerprint density at radius 1 is 1.05 bits per heavy atom. The van der Waals surface area contributed by atoms with E-state index in [9.17, 15) is 13.2 Å². The highest BCUT2D eigenvalue weighted by Gasteiger charge is 2.28. The summed E-state index contributed by atoms with van der Waals surface area (Å²) in [7, 11) is -0.143. The summed E-state index contributed by atoms with van der Waals surface area (Å²) in [5, 5.41) is 12.2. The number of piperidine rings is 1. The van der Waals surface area contributed by atoms with Crippen molar-refractivity contribution in [1.82, 2.24) is 34.2 Å². The molecule has 0 bridgehead atoms. The van der Waals surface area contributed by atoms with Gasteiger partial charge in [-0.15, -0.1) is 0 Å². The van der Waals surface area contributed by atoms with Gasteiger partial charge in [0.2, 0.25) is 10.0 Å². The van der Waals surface area contributed by atoms with Crippen molar-refractivity contribution >= 4 is 44.0 Å². The number of carbonyl (C=O) groups excluding carboxylic acids is 1.